The summed E-state index contributed by atoms with van der Waals surface area (Å²) >= 11 is 0. The molecule has 1 aliphatic rings. The lowest BCUT2D eigenvalue weighted by atomic mass is 9.69. The van der Waals surface area contributed by atoms with Gasteiger partial charge in [-0.3, -0.25) is 14.6 Å². The van der Waals surface area contributed by atoms with Gasteiger partial charge in [-0.15, -0.1) is 0 Å². The molecule has 1 aliphatic carbocycles. The van der Waals surface area contributed by atoms with Crippen LogP contribution in [0.3, 0.4) is 0 Å². The molecule has 1 unspecified atom stereocenters. The number of aliphatic imine (C=N–C) groups is 1. The standard InChI is InChI=1S/C23H25NO2/c1-23(2)15-19(24-14-13-17-9-5-3-6-10-17)21(20(25)16-23)22(26)18-11-7-4-8-12-18/h3-12,21H,13-16H2,1-2H3. The van der Waals surface area contributed by atoms with Crippen molar-refractivity contribution >= 4 is 17.3 Å². The van der Waals surface area contributed by atoms with Crippen LogP contribution < -0.4 is 0 Å². The lowest BCUT2D eigenvalue weighted by molar-refractivity contribution is -0.122. The number of nitrogens with zero attached hydrogens (tertiary/aromatic N) is 1. The first kappa shape index (κ1) is 18.2. The van der Waals surface area contributed by atoms with Crippen LogP contribution in [0.15, 0.2) is 65.7 Å². The first-order valence-electron chi connectivity index (χ1n) is 9.15. The molecule has 0 heterocycles. The Morgan fingerprint density at radius 1 is 1.00 bits per heavy atom. The molecule has 3 heteroatoms. The molecular weight excluding hydrogens is 322 g/mol. The van der Waals surface area contributed by atoms with Crippen LogP contribution in [0.25, 0.3) is 0 Å². The Bertz CT molecular complexity index is 807. The van der Waals surface area contributed by atoms with E-state index < -0.39 is 5.92 Å². The fraction of sp³-hybridized carbons (Fsp3) is 0.348. The molecule has 134 valence electrons. The zero-order valence-corrected chi connectivity index (χ0v) is 15.4. The van der Waals surface area contributed by atoms with Crippen molar-refractivity contribution in [2.24, 2.45) is 16.3 Å². The molecule has 1 saturated carbocycles. The summed E-state index contributed by atoms with van der Waals surface area (Å²) in [5, 5.41) is 0. The number of hydrogen-bond acceptors (Lipinski definition) is 3. The van der Waals surface area contributed by atoms with Crippen molar-refractivity contribution < 1.29 is 9.59 Å². The third-order valence-electron chi connectivity index (χ3n) is 4.85. The molecule has 1 fully saturated rings. The zero-order valence-electron chi connectivity index (χ0n) is 15.4. The number of Topliss-reactive ketones (excluding diaryl/α,β-unsaturated/α-hetero) is 2. The molecule has 0 amide bonds. The SMILES string of the molecule is CC1(C)CC(=O)C(C(=O)c2ccccc2)C(=NCCc2ccccc2)C1. The summed E-state index contributed by atoms with van der Waals surface area (Å²) < 4.78 is 0. The molecule has 0 N–H and O–H groups in total. The monoisotopic (exact) mass is 347 g/mol. The number of carbonyl (C=O) groups is 2. The third-order valence-corrected chi connectivity index (χ3v) is 4.85. The summed E-state index contributed by atoms with van der Waals surface area (Å²) in [7, 11) is 0. The third kappa shape index (κ3) is 4.34. The maximum atomic E-state index is 13.0. The van der Waals surface area contributed by atoms with E-state index in [4.69, 9.17) is 4.99 Å². The van der Waals surface area contributed by atoms with E-state index in [2.05, 4.69) is 26.0 Å². The molecule has 0 spiro atoms. The van der Waals surface area contributed by atoms with Crippen LogP contribution in [-0.2, 0) is 11.2 Å². The van der Waals surface area contributed by atoms with Crippen LogP contribution in [0, 0.1) is 11.3 Å². The summed E-state index contributed by atoms with van der Waals surface area (Å²) in [6, 6.07) is 19.2. The Balaban J connectivity index is 1.83. The largest absolute Gasteiger partial charge is 0.298 e. The van der Waals surface area contributed by atoms with Crippen LogP contribution in [-0.4, -0.2) is 23.8 Å². The van der Waals surface area contributed by atoms with Crippen molar-refractivity contribution in [1.82, 2.24) is 0 Å². The average Bonchev–Trinajstić information content (AvgIpc) is 2.62. The number of benzene rings is 2. The molecule has 0 bridgehead atoms. The lowest BCUT2D eigenvalue weighted by Crippen LogP contribution is -2.42. The molecule has 0 aromatic heterocycles. The molecular formula is C23H25NO2. The second kappa shape index (κ2) is 7.77. The first-order valence-corrected chi connectivity index (χ1v) is 9.15. The minimum Gasteiger partial charge on any atom is -0.298 e. The van der Waals surface area contributed by atoms with Gasteiger partial charge in [0.2, 0.25) is 0 Å². The van der Waals surface area contributed by atoms with Crippen molar-refractivity contribution in [3.05, 3.63) is 71.8 Å². The summed E-state index contributed by atoms with van der Waals surface area (Å²) in [5.41, 5.74) is 2.40. The lowest BCUT2D eigenvalue weighted by Gasteiger charge is -2.34. The number of ketones is 2. The minimum absolute atomic E-state index is 0.00596. The van der Waals surface area contributed by atoms with Crippen molar-refractivity contribution in [2.75, 3.05) is 6.54 Å². The van der Waals surface area contributed by atoms with Crippen molar-refractivity contribution in [3.63, 3.8) is 0 Å². The van der Waals surface area contributed by atoms with Gasteiger partial charge in [-0.05, 0) is 23.8 Å². The minimum atomic E-state index is -0.721. The van der Waals surface area contributed by atoms with Crippen molar-refractivity contribution in [2.45, 2.75) is 33.1 Å². The molecule has 3 nitrogen and oxygen atoms in total. The van der Waals surface area contributed by atoms with E-state index in [1.54, 1.807) is 12.1 Å². The number of hydrogen-bond donors (Lipinski definition) is 0. The smallest absolute Gasteiger partial charge is 0.178 e. The summed E-state index contributed by atoms with van der Waals surface area (Å²) in [6.45, 7) is 4.74. The zero-order chi connectivity index (χ0) is 18.6. The second-order valence-corrected chi connectivity index (χ2v) is 7.76. The molecule has 1 atom stereocenters. The predicted octanol–water partition coefficient (Wildman–Crippen LogP) is 4.56. The topological polar surface area (TPSA) is 46.5 Å². The van der Waals surface area contributed by atoms with Crippen LogP contribution in [0.2, 0.25) is 0 Å². The van der Waals surface area contributed by atoms with Gasteiger partial charge in [0.05, 0.1) is 0 Å². The predicted molar refractivity (Wildman–Crippen MR) is 105 cm³/mol. The van der Waals surface area contributed by atoms with Crippen LogP contribution in [0.1, 0.15) is 42.6 Å². The first-order chi connectivity index (χ1) is 12.5. The van der Waals surface area contributed by atoms with Gasteiger partial charge in [0.1, 0.15) is 11.7 Å². The molecule has 26 heavy (non-hydrogen) atoms. The highest BCUT2D eigenvalue weighted by atomic mass is 16.2. The highest BCUT2D eigenvalue weighted by Gasteiger charge is 2.41. The van der Waals surface area contributed by atoms with Crippen LogP contribution >= 0.6 is 0 Å². The Morgan fingerprint density at radius 3 is 2.27 bits per heavy atom. The van der Waals surface area contributed by atoms with Crippen LogP contribution in [0.4, 0.5) is 0 Å². The quantitative estimate of drug-likeness (QED) is 0.588. The van der Waals surface area contributed by atoms with Crippen molar-refractivity contribution in [1.29, 1.82) is 0 Å². The van der Waals surface area contributed by atoms with Gasteiger partial charge in [-0.1, -0.05) is 74.5 Å². The Hall–Kier alpha value is -2.55. The fourth-order valence-corrected chi connectivity index (χ4v) is 3.60. The maximum absolute atomic E-state index is 13.0. The Kier molecular flexibility index (Phi) is 5.46. The second-order valence-electron chi connectivity index (χ2n) is 7.76. The molecule has 0 radical (unpaired) electrons. The highest BCUT2D eigenvalue weighted by Crippen LogP contribution is 2.36. The van der Waals surface area contributed by atoms with Crippen LogP contribution in [0.5, 0.6) is 0 Å². The average molecular weight is 347 g/mol. The summed E-state index contributed by atoms with van der Waals surface area (Å²) in [6.07, 6.45) is 1.93. The molecule has 2 aromatic rings. The van der Waals surface area contributed by atoms with E-state index >= 15 is 0 Å². The van der Waals surface area contributed by atoms with Gasteiger partial charge < -0.3 is 0 Å². The van der Waals surface area contributed by atoms with Crippen molar-refractivity contribution in [3.8, 4) is 0 Å². The van der Waals surface area contributed by atoms with E-state index in [0.717, 1.165) is 12.1 Å². The summed E-state index contributed by atoms with van der Waals surface area (Å²) in [4.78, 5) is 30.5. The molecule has 0 aliphatic heterocycles. The van der Waals surface area contributed by atoms with Gasteiger partial charge in [-0.2, -0.15) is 0 Å². The van der Waals surface area contributed by atoms with E-state index in [9.17, 15) is 9.59 Å². The van der Waals surface area contributed by atoms with E-state index in [0.29, 0.717) is 24.9 Å². The van der Waals surface area contributed by atoms with E-state index in [1.807, 2.05) is 36.4 Å². The van der Waals surface area contributed by atoms with Gasteiger partial charge in [0, 0.05) is 24.2 Å². The van der Waals surface area contributed by atoms with E-state index in [1.165, 1.54) is 5.56 Å². The Labute approximate surface area is 155 Å². The molecule has 0 saturated heterocycles. The Morgan fingerprint density at radius 2 is 1.62 bits per heavy atom. The molecule has 2 aromatic carbocycles. The van der Waals surface area contributed by atoms with Gasteiger partial charge >= 0.3 is 0 Å². The number of carbonyl (C=O) groups excluding carboxylic acids is 2. The van der Waals surface area contributed by atoms with E-state index in [-0.39, 0.29) is 17.0 Å². The molecule has 3 rings (SSSR count). The normalized spacial score (nSPS) is 20.9. The highest BCUT2D eigenvalue weighted by molar-refractivity contribution is 6.26. The van der Waals surface area contributed by atoms with Gasteiger partial charge in [-0.25, -0.2) is 0 Å². The maximum Gasteiger partial charge on any atom is 0.178 e. The van der Waals surface area contributed by atoms with Gasteiger partial charge in [0.15, 0.2) is 5.78 Å². The number of rotatable bonds is 5. The van der Waals surface area contributed by atoms with Gasteiger partial charge in [0.25, 0.3) is 0 Å². The summed E-state index contributed by atoms with van der Waals surface area (Å²) in [5.74, 6) is -0.848. The fourth-order valence-electron chi connectivity index (χ4n) is 3.60.